The van der Waals surface area contributed by atoms with E-state index in [0.717, 1.165) is 17.7 Å². The molecule has 0 aromatic heterocycles. The molecule has 2 amide bonds. The van der Waals surface area contributed by atoms with Gasteiger partial charge in [-0.3, -0.25) is 4.79 Å². The van der Waals surface area contributed by atoms with Crippen LogP contribution in [0.15, 0.2) is 48.5 Å². The van der Waals surface area contributed by atoms with E-state index in [1.807, 2.05) is 42.5 Å². The van der Waals surface area contributed by atoms with E-state index in [1.54, 1.807) is 0 Å². The highest BCUT2D eigenvalue weighted by atomic mass is 16.6. The Hall–Kier alpha value is -2.82. The summed E-state index contributed by atoms with van der Waals surface area (Å²) >= 11 is 0. The lowest BCUT2D eigenvalue weighted by Gasteiger charge is -2.10. The first-order valence-electron chi connectivity index (χ1n) is 8.00. The van der Waals surface area contributed by atoms with Crippen molar-refractivity contribution in [3.63, 3.8) is 0 Å². The molecule has 24 heavy (non-hydrogen) atoms. The second-order valence-corrected chi connectivity index (χ2v) is 5.87. The highest BCUT2D eigenvalue weighted by Gasteiger charge is 2.23. The number of ether oxygens (including phenoxy) is 1. The van der Waals surface area contributed by atoms with Crippen molar-refractivity contribution in [2.24, 2.45) is 0 Å². The van der Waals surface area contributed by atoms with E-state index in [0.29, 0.717) is 13.0 Å². The molecule has 1 unspecified atom stereocenters. The van der Waals surface area contributed by atoms with Crippen LogP contribution in [-0.4, -0.2) is 18.5 Å². The average Bonchev–Trinajstić information content (AvgIpc) is 3.01. The standard InChI is InChI=1S/C19H20N2O3/c1-13-4-2-3-5-14(13)8-11-18(22)21-16-9-6-15(7-10-16)17-12-20-19(23)24-17/h2-7,9-10,17H,8,11-12H2,1H3,(H,20,23)(H,21,22). The molecule has 1 atom stereocenters. The summed E-state index contributed by atoms with van der Waals surface area (Å²) in [5.41, 5.74) is 4.05. The van der Waals surface area contributed by atoms with Gasteiger partial charge in [0.15, 0.2) is 0 Å². The maximum absolute atomic E-state index is 12.1. The van der Waals surface area contributed by atoms with Crippen LogP contribution in [0.2, 0.25) is 0 Å². The molecule has 0 radical (unpaired) electrons. The fourth-order valence-electron chi connectivity index (χ4n) is 2.72. The Balaban J connectivity index is 1.53. The zero-order valence-electron chi connectivity index (χ0n) is 13.5. The Morgan fingerprint density at radius 2 is 1.96 bits per heavy atom. The summed E-state index contributed by atoms with van der Waals surface area (Å²) in [5, 5.41) is 5.52. The number of aryl methyl sites for hydroxylation is 2. The van der Waals surface area contributed by atoms with Gasteiger partial charge in [-0.15, -0.1) is 0 Å². The molecule has 124 valence electrons. The molecule has 1 aliphatic rings. The van der Waals surface area contributed by atoms with Crippen LogP contribution in [-0.2, 0) is 16.0 Å². The third-order valence-corrected chi connectivity index (χ3v) is 4.13. The van der Waals surface area contributed by atoms with Crippen LogP contribution in [0.25, 0.3) is 0 Å². The highest BCUT2D eigenvalue weighted by Crippen LogP contribution is 2.22. The van der Waals surface area contributed by atoms with Crippen LogP contribution in [0.1, 0.15) is 29.2 Å². The maximum atomic E-state index is 12.1. The largest absolute Gasteiger partial charge is 0.439 e. The summed E-state index contributed by atoms with van der Waals surface area (Å²) < 4.78 is 5.13. The zero-order chi connectivity index (χ0) is 16.9. The van der Waals surface area contributed by atoms with Gasteiger partial charge in [-0.05, 0) is 42.2 Å². The van der Waals surface area contributed by atoms with Gasteiger partial charge in [-0.25, -0.2) is 4.79 Å². The van der Waals surface area contributed by atoms with E-state index in [4.69, 9.17) is 4.74 Å². The number of cyclic esters (lactones) is 1. The molecule has 1 heterocycles. The van der Waals surface area contributed by atoms with Crippen LogP contribution < -0.4 is 10.6 Å². The molecule has 0 saturated carbocycles. The van der Waals surface area contributed by atoms with Gasteiger partial charge < -0.3 is 15.4 Å². The number of carbonyl (C=O) groups excluding carboxylic acids is 2. The van der Waals surface area contributed by atoms with Gasteiger partial charge in [0.05, 0.1) is 6.54 Å². The smallest absolute Gasteiger partial charge is 0.407 e. The van der Waals surface area contributed by atoms with Gasteiger partial charge in [-0.1, -0.05) is 36.4 Å². The summed E-state index contributed by atoms with van der Waals surface area (Å²) in [4.78, 5) is 23.2. The van der Waals surface area contributed by atoms with Crippen molar-refractivity contribution in [1.29, 1.82) is 0 Å². The molecular weight excluding hydrogens is 304 g/mol. The first-order valence-corrected chi connectivity index (χ1v) is 8.00. The number of alkyl carbamates (subject to hydrolysis) is 1. The van der Waals surface area contributed by atoms with Crippen molar-refractivity contribution in [3.8, 4) is 0 Å². The minimum atomic E-state index is -0.395. The molecule has 1 saturated heterocycles. The topological polar surface area (TPSA) is 67.4 Å². The first-order chi connectivity index (χ1) is 11.6. The molecule has 0 bridgehead atoms. The lowest BCUT2D eigenvalue weighted by atomic mass is 10.0. The van der Waals surface area contributed by atoms with Crippen molar-refractivity contribution in [3.05, 3.63) is 65.2 Å². The van der Waals surface area contributed by atoms with Gasteiger partial charge in [0.1, 0.15) is 6.10 Å². The quantitative estimate of drug-likeness (QED) is 0.886. The Morgan fingerprint density at radius 3 is 2.62 bits per heavy atom. The number of carbonyl (C=O) groups is 2. The number of hydrogen-bond acceptors (Lipinski definition) is 3. The second-order valence-electron chi connectivity index (χ2n) is 5.87. The molecule has 2 aromatic rings. The number of anilines is 1. The van der Waals surface area contributed by atoms with E-state index in [-0.39, 0.29) is 12.0 Å². The summed E-state index contributed by atoms with van der Waals surface area (Å²) in [6.07, 6.45) is 0.508. The Labute approximate surface area is 141 Å². The molecule has 3 rings (SSSR count). The Kier molecular flexibility index (Phi) is 4.79. The molecule has 2 N–H and O–H groups in total. The maximum Gasteiger partial charge on any atom is 0.407 e. The molecule has 0 aliphatic carbocycles. The summed E-state index contributed by atoms with van der Waals surface area (Å²) in [5.74, 6) is -0.0139. The summed E-state index contributed by atoms with van der Waals surface area (Å²) in [6, 6.07) is 15.5. The summed E-state index contributed by atoms with van der Waals surface area (Å²) in [6.45, 7) is 2.53. The fourth-order valence-corrected chi connectivity index (χ4v) is 2.72. The molecule has 1 aliphatic heterocycles. The van der Waals surface area contributed by atoms with Crippen molar-refractivity contribution in [2.45, 2.75) is 25.9 Å². The molecule has 2 aromatic carbocycles. The number of benzene rings is 2. The molecule has 5 heteroatoms. The Bertz CT molecular complexity index is 741. The third-order valence-electron chi connectivity index (χ3n) is 4.13. The number of nitrogens with one attached hydrogen (secondary N) is 2. The predicted octanol–water partition coefficient (Wildman–Crippen LogP) is 3.35. The van der Waals surface area contributed by atoms with Crippen LogP contribution in [0.5, 0.6) is 0 Å². The predicted molar refractivity (Wildman–Crippen MR) is 91.8 cm³/mol. The van der Waals surface area contributed by atoms with Crippen LogP contribution in [0.3, 0.4) is 0 Å². The van der Waals surface area contributed by atoms with E-state index >= 15 is 0 Å². The van der Waals surface area contributed by atoms with Crippen molar-refractivity contribution >= 4 is 17.7 Å². The van der Waals surface area contributed by atoms with Crippen molar-refractivity contribution < 1.29 is 14.3 Å². The van der Waals surface area contributed by atoms with Crippen LogP contribution in [0, 0.1) is 6.92 Å². The number of hydrogen-bond donors (Lipinski definition) is 2. The van der Waals surface area contributed by atoms with Gasteiger partial charge in [0.2, 0.25) is 5.91 Å². The lowest BCUT2D eigenvalue weighted by Crippen LogP contribution is -2.13. The van der Waals surface area contributed by atoms with E-state index in [2.05, 4.69) is 23.6 Å². The van der Waals surface area contributed by atoms with Crippen LogP contribution in [0.4, 0.5) is 10.5 Å². The molecule has 5 nitrogen and oxygen atoms in total. The van der Waals surface area contributed by atoms with Crippen molar-refractivity contribution in [1.82, 2.24) is 5.32 Å². The molecular formula is C19H20N2O3. The average molecular weight is 324 g/mol. The van der Waals surface area contributed by atoms with Crippen LogP contribution >= 0.6 is 0 Å². The van der Waals surface area contributed by atoms with Gasteiger partial charge in [-0.2, -0.15) is 0 Å². The van der Waals surface area contributed by atoms with Gasteiger partial charge >= 0.3 is 6.09 Å². The van der Waals surface area contributed by atoms with E-state index < -0.39 is 6.09 Å². The highest BCUT2D eigenvalue weighted by molar-refractivity contribution is 5.90. The SMILES string of the molecule is Cc1ccccc1CCC(=O)Nc1ccc(C2CNC(=O)O2)cc1. The lowest BCUT2D eigenvalue weighted by molar-refractivity contribution is -0.116. The van der Waals surface area contributed by atoms with E-state index in [9.17, 15) is 9.59 Å². The second kappa shape index (κ2) is 7.17. The molecule has 0 spiro atoms. The van der Waals surface area contributed by atoms with Crippen molar-refractivity contribution in [2.75, 3.05) is 11.9 Å². The first kappa shape index (κ1) is 16.1. The minimum absolute atomic E-state index is 0.0139. The molecule has 1 fully saturated rings. The number of rotatable bonds is 5. The monoisotopic (exact) mass is 324 g/mol. The Morgan fingerprint density at radius 1 is 1.21 bits per heavy atom. The van der Waals surface area contributed by atoms with Gasteiger partial charge in [0.25, 0.3) is 0 Å². The number of amides is 2. The van der Waals surface area contributed by atoms with Gasteiger partial charge in [0, 0.05) is 12.1 Å². The normalized spacial score (nSPS) is 16.4. The minimum Gasteiger partial charge on any atom is -0.439 e. The van der Waals surface area contributed by atoms with E-state index in [1.165, 1.54) is 11.1 Å². The third kappa shape index (κ3) is 3.93. The fraction of sp³-hybridized carbons (Fsp3) is 0.263. The summed E-state index contributed by atoms with van der Waals surface area (Å²) in [7, 11) is 0. The zero-order valence-corrected chi connectivity index (χ0v) is 13.5.